The first kappa shape index (κ1) is 21.4. The quantitative estimate of drug-likeness (QED) is 0.769. The first-order valence-electron chi connectivity index (χ1n) is 10.7. The molecule has 8 heteroatoms. The number of aryl methyl sites for hydroxylation is 1. The van der Waals surface area contributed by atoms with Crippen molar-refractivity contribution in [3.05, 3.63) is 53.6 Å². The van der Waals surface area contributed by atoms with Crippen LogP contribution in [0.5, 0.6) is 0 Å². The molecule has 7 nitrogen and oxygen atoms in total. The van der Waals surface area contributed by atoms with Gasteiger partial charge < -0.3 is 9.80 Å². The summed E-state index contributed by atoms with van der Waals surface area (Å²) in [6.45, 7) is 3.83. The largest absolute Gasteiger partial charge is 0.339 e. The van der Waals surface area contributed by atoms with Crippen LogP contribution in [-0.2, 0) is 14.8 Å². The van der Waals surface area contributed by atoms with Crippen molar-refractivity contribution < 1.29 is 18.0 Å². The number of para-hydroxylation sites is 1. The molecule has 2 amide bonds. The van der Waals surface area contributed by atoms with Gasteiger partial charge in [-0.1, -0.05) is 12.1 Å². The smallest absolute Gasteiger partial charge is 0.261 e. The Morgan fingerprint density at radius 3 is 2.39 bits per heavy atom. The van der Waals surface area contributed by atoms with E-state index in [9.17, 15) is 18.0 Å². The third-order valence-corrected chi connectivity index (χ3v) is 7.25. The SMILES string of the molecule is Cc1cc(S(=O)(=O)Nc2ccccc2C(=O)N2CCCCC2)ccc1N1CCCC1=O. The van der Waals surface area contributed by atoms with Crippen LogP contribution in [0.1, 0.15) is 48.0 Å². The Balaban J connectivity index is 1.59. The summed E-state index contributed by atoms with van der Waals surface area (Å²) in [7, 11) is -3.90. The van der Waals surface area contributed by atoms with Crippen LogP contribution in [0, 0.1) is 6.92 Å². The molecule has 2 heterocycles. The summed E-state index contributed by atoms with van der Waals surface area (Å²) in [5.41, 5.74) is 2.08. The lowest BCUT2D eigenvalue weighted by Crippen LogP contribution is -2.36. The van der Waals surface area contributed by atoms with E-state index < -0.39 is 10.0 Å². The highest BCUT2D eigenvalue weighted by Gasteiger charge is 2.26. The molecule has 0 aromatic heterocycles. The van der Waals surface area contributed by atoms with Crippen molar-refractivity contribution in [1.29, 1.82) is 0 Å². The van der Waals surface area contributed by atoms with Crippen LogP contribution >= 0.6 is 0 Å². The zero-order valence-electron chi connectivity index (χ0n) is 17.6. The molecule has 0 atom stereocenters. The van der Waals surface area contributed by atoms with Crippen molar-refractivity contribution >= 4 is 33.2 Å². The summed E-state index contributed by atoms with van der Waals surface area (Å²) < 4.78 is 28.8. The number of hydrogen-bond acceptors (Lipinski definition) is 4. The number of hydrogen-bond donors (Lipinski definition) is 1. The number of carbonyl (C=O) groups excluding carboxylic acids is 2. The summed E-state index contributed by atoms with van der Waals surface area (Å²) in [6.07, 6.45) is 4.36. The summed E-state index contributed by atoms with van der Waals surface area (Å²) in [6, 6.07) is 11.5. The van der Waals surface area contributed by atoms with Crippen LogP contribution in [0.4, 0.5) is 11.4 Å². The molecule has 164 valence electrons. The lowest BCUT2D eigenvalue weighted by atomic mass is 10.1. The molecule has 0 spiro atoms. The molecule has 1 N–H and O–H groups in total. The average molecular weight is 442 g/mol. The monoisotopic (exact) mass is 441 g/mol. The van der Waals surface area contributed by atoms with Crippen molar-refractivity contribution in [3.8, 4) is 0 Å². The van der Waals surface area contributed by atoms with Gasteiger partial charge in [0, 0.05) is 31.7 Å². The Kier molecular flexibility index (Phi) is 6.00. The Morgan fingerprint density at radius 2 is 1.71 bits per heavy atom. The lowest BCUT2D eigenvalue weighted by molar-refractivity contribution is -0.117. The van der Waals surface area contributed by atoms with Gasteiger partial charge in [0.2, 0.25) is 5.91 Å². The molecule has 2 aliphatic heterocycles. The maximum atomic E-state index is 13.1. The predicted molar refractivity (Wildman–Crippen MR) is 120 cm³/mol. The van der Waals surface area contributed by atoms with E-state index in [2.05, 4.69) is 4.72 Å². The number of nitrogens with one attached hydrogen (secondary N) is 1. The first-order valence-corrected chi connectivity index (χ1v) is 12.2. The number of likely N-dealkylation sites (tertiary alicyclic amines) is 1. The number of benzene rings is 2. The van der Waals surface area contributed by atoms with Crippen molar-refractivity contribution in [3.63, 3.8) is 0 Å². The van der Waals surface area contributed by atoms with Gasteiger partial charge in [-0.2, -0.15) is 0 Å². The van der Waals surface area contributed by atoms with Crippen LogP contribution < -0.4 is 9.62 Å². The minimum Gasteiger partial charge on any atom is -0.339 e. The molecule has 2 aliphatic rings. The summed E-state index contributed by atoms with van der Waals surface area (Å²) in [4.78, 5) is 28.6. The number of amides is 2. The van der Waals surface area contributed by atoms with Gasteiger partial charge in [-0.3, -0.25) is 14.3 Å². The molecule has 2 aromatic carbocycles. The van der Waals surface area contributed by atoms with Gasteiger partial charge in [-0.05, 0) is 68.5 Å². The minimum absolute atomic E-state index is 0.0574. The van der Waals surface area contributed by atoms with Crippen molar-refractivity contribution in [2.75, 3.05) is 29.3 Å². The summed E-state index contributed by atoms with van der Waals surface area (Å²) in [5.74, 6) is -0.0981. The lowest BCUT2D eigenvalue weighted by Gasteiger charge is -2.27. The van der Waals surface area contributed by atoms with Crippen LogP contribution in [0.3, 0.4) is 0 Å². The number of anilines is 2. The maximum Gasteiger partial charge on any atom is 0.261 e. The zero-order chi connectivity index (χ0) is 22.0. The summed E-state index contributed by atoms with van der Waals surface area (Å²) in [5, 5.41) is 0. The predicted octanol–water partition coefficient (Wildman–Crippen LogP) is 3.55. The molecule has 2 saturated heterocycles. The number of rotatable bonds is 5. The van der Waals surface area contributed by atoms with Crippen LogP contribution in [0.2, 0.25) is 0 Å². The van der Waals surface area contributed by atoms with Gasteiger partial charge in [0.15, 0.2) is 0 Å². The van der Waals surface area contributed by atoms with Crippen molar-refractivity contribution in [2.24, 2.45) is 0 Å². The van der Waals surface area contributed by atoms with E-state index in [-0.39, 0.29) is 22.4 Å². The fourth-order valence-electron chi connectivity index (χ4n) is 4.23. The van der Waals surface area contributed by atoms with E-state index in [1.807, 2.05) is 0 Å². The van der Waals surface area contributed by atoms with Gasteiger partial charge in [0.1, 0.15) is 0 Å². The van der Waals surface area contributed by atoms with Gasteiger partial charge in [0.25, 0.3) is 15.9 Å². The topological polar surface area (TPSA) is 86.8 Å². The number of carbonyl (C=O) groups is 2. The van der Waals surface area contributed by atoms with Crippen LogP contribution in [0.25, 0.3) is 0 Å². The molecule has 0 bridgehead atoms. The molecule has 31 heavy (non-hydrogen) atoms. The average Bonchev–Trinajstić information content (AvgIpc) is 3.19. The van der Waals surface area contributed by atoms with Gasteiger partial charge >= 0.3 is 0 Å². The highest BCUT2D eigenvalue weighted by Crippen LogP contribution is 2.29. The number of nitrogens with zero attached hydrogens (tertiary/aromatic N) is 2. The fraction of sp³-hybridized carbons (Fsp3) is 0.391. The Bertz CT molecular complexity index is 1110. The van der Waals surface area contributed by atoms with E-state index in [1.54, 1.807) is 53.1 Å². The molecule has 2 fully saturated rings. The Hall–Kier alpha value is -2.87. The van der Waals surface area contributed by atoms with E-state index in [0.29, 0.717) is 31.6 Å². The van der Waals surface area contributed by atoms with Gasteiger partial charge in [-0.15, -0.1) is 0 Å². The van der Waals surface area contributed by atoms with E-state index in [0.717, 1.165) is 36.9 Å². The highest BCUT2D eigenvalue weighted by molar-refractivity contribution is 7.92. The Morgan fingerprint density at radius 1 is 0.968 bits per heavy atom. The molecular formula is C23H27N3O4S. The molecule has 0 saturated carbocycles. The Labute approximate surface area is 183 Å². The van der Waals surface area contributed by atoms with Crippen molar-refractivity contribution in [2.45, 2.75) is 43.9 Å². The molecule has 2 aromatic rings. The highest BCUT2D eigenvalue weighted by atomic mass is 32.2. The second-order valence-corrected chi connectivity index (χ2v) is 9.78. The number of sulfonamides is 1. The number of piperidine rings is 1. The third kappa shape index (κ3) is 4.44. The molecule has 0 aliphatic carbocycles. The zero-order valence-corrected chi connectivity index (χ0v) is 18.5. The molecule has 0 unspecified atom stereocenters. The van der Waals surface area contributed by atoms with Gasteiger partial charge in [-0.25, -0.2) is 8.42 Å². The van der Waals surface area contributed by atoms with E-state index in [4.69, 9.17) is 0 Å². The standard InChI is InChI=1S/C23H27N3O4S/c1-17-16-18(11-12-21(17)26-15-7-10-22(26)27)31(29,30)24-20-9-4-3-8-19(20)23(28)25-13-5-2-6-14-25/h3-4,8-9,11-12,16,24H,2,5-7,10,13-15H2,1H3. The molecule has 4 rings (SSSR count). The van der Waals surface area contributed by atoms with Crippen LogP contribution in [0.15, 0.2) is 47.4 Å². The first-order chi connectivity index (χ1) is 14.9. The second kappa shape index (κ2) is 8.70. The van der Waals surface area contributed by atoms with E-state index in [1.165, 1.54) is 6.07 Å². The normalized spacial score (nSPS) is 17.1. The van der Waals surface area contributed by atoms with Crippen molar-refractivity contribution in [1.82, 2.24) is 4.90 Å². The molecule has 0 radical (unpaired) electrons. The fourth-order valence-corrected chi connectivity index (χ4v) is 5.39. The van der Waals surface area contributed by atoms with Gasteiger partial charge in [0.05, 0.1) is 16.1 Å². The second-order valence-electron chi connectivity index (χ2n) is 8.10. The van der Waals surface area contributed by atoms with E-state index >= 15 is 0 Å². The summed E-state index contributed by atoms with van der Waals surface area (Å²) >= 11 is 0. The third-order valence-electron chi connectivity index (χ3n) is 5.89. The minimum atomic E-state index is -3.90. The van der Waals surface area contributed by atoms with Crippen LogP contribution in [-0.4, -0.2) is 44.8 Å². The molecular weight excluding hydrogens is 414 g/mol. The maximum absolute atomic E-state index is 13.1.